The van der Waals surface area contributed by atoms with E-state index in [0.29, 0.717) is 0 Å². The highest BCUT2D eigenvalue weighted by molar-refractivity contribution is 5.33. The van der Waals surface area contributed by atoms with Crippen LogP contribution in [0.2, 0.25) is 0 Å². The summed E-state index contributed by atoms with van der Waals surface area (Å²) in [5, 5.41) is 0. The molecule has 2 aliphatic rings. The number of allylic oxidation sites excluding steroid dienone is 1. The third-order valence-corrected chi connectivity index (χ3v) is 2.06. The molecule has 1 aliphatic heterocycles. The van der Waals surface area contributed by atoms with Crippen LogP contribution in [0.25, 0.3) is 0 Å². The van der Waals surface area contributed by atoms with E-state index in [2.05, 4.69) is 6.08 Å². The summed E-state index contributed by atoms with van der Waals surface area (Å²) >= 11 is 0. The zero-order valence-corrected chi connectivity index (χ0v) is 5.84. The molecule has 1 aliphatic carbocycles. The molecule has 0 radical (unpaired) electrons. The summed E-state index contributed by atoms with van der Waals surface area (Å²) < 4.78 is 5.39. The van der Waals surface area contributed by atoms with Crippen LogP contribution in [0.3, 0.4) is 0 Å². The lowest BCUT2D eigenvalue weighted by Crippen LogP contribution is -2.18. The van der Waals surface area contributed by atoms with E-state index in [4.69, 9.17) is 10.5 Å². The Morgan fingerprint density at radius 3 is 3.30 bits per heavy atom. The molecule has 0 aromatic heterocycles. The highest BCUT2D eigenvalue weighted by atomic mass is 16.5. The van der Waals surface area contributed by atoms with Gasteiger partial charge in [-0.3, -0.25) is 0 Å². The summed E-state index contributed by atoms with van der Waals surface area (Å²) in [5.74, 6) is 1.12. The smallest absolute Gasteiger partial charge is 0.106 e. The van der Waals surface area contributed by atoms with Crippen LogP contribution in [0, 0.1) is 0 Å². The molecule has 0 aromatic rings. The lowest BCUT2D eigenvalue weighted by Gasteiger charge is -2.11. The van der Waals surface area contributed by atoms with E-state index in [1.807, 2.05) is 6.08 Å². The van der Waals surface area contributed by atoms with Crippen molar-refractivity contribution < 1.29 is 4.74 Å². The Morgan fingerprint density at radius 2 is 2.50 bits per heavy atom. The molecule has 0 spiro atoms. The Hall–Kier alpha value is -0.760. The lowest BCUT2D eigenvalue weighted by atomic mass is 10.1. The summed E-state index contributed by atoms with van der Waals surface area (Å²) in [5.41, 5.74) is 7.01. The topological polar surface area (TPSA) is 35.2 Å². The van der Waals surface area contributed by atoms with E-state index in [9.17, 15) is 0 Å². The minimum Gasteiger partial charge on any atom is -0.494 e. The second kappa shape index (κ2) is 2.13. The monoisotopic (exact) mass is 137 g/mol. The van der Waals surface area contributed by atoms with E-state index in [0.717, 1.165) is 25.2 Å². The molecule has 2 heteroatoms. The number of hydrogen-bond donors (Lipinski definition) is 1. The third-order valence-electron chi connectivity index (χ3n) is 2.06. The first-order chi connectivity index (χ1) is 4.88. The molecule has 10 heavy (non-hydrogen) atoms. The summed E-state index contributed by atoms with van der Waals surface area (Å²) in [6, 6.07) is 0.228. The molecule has 0 amide bonds. The van der Waals surface area contributed by atoms with Gasteiger partial charge in [0, 0.05) is 18.0 Å². The lowest BCUT2D eigenvalue weighted by molar-refractivity contribution is 0.235. The SMILES string of the molecule is N[C@@H]1CCC2=C1C=CCO2. The van der Waals surface area contributed by atoms with E-state index < -0.39 is 0 Å². The molecule has 2 N–H and O–H groups in total. The fraction of sp³-hybridized carbons (Fsp3) is 0.500. The van der Waals surface area contributed by atoms with Gasteiger partial charge in [-0.1, -0.05) is 6.08 Å². The Labute approximate surface area is 60.4 Å². The Morgan fingerprint density at radius 1 is 1.60 bits per heavy atom. The fourth-order valence-electron chi connectivity index (χ4n) is 1.49. The molecule has 0 saturated heterocycles. The zero-order valence-electron chi connectivity index (χ0n) is 5.84. The molecule has 2 nitrogen and oxygen atoms in total. The van der Waals surface area contributed by atoms with Gasteiger partial charge in [0.1, 0.15) is 12.4 Å². The van der Waals surface area contributed by atoms with Gasteiger partial charge in [0.05, 0.1) is 0 Å². The average Bonchev–Trinajstić information content (AvgIpc) is 2.34. The van der Waals surface area contributed by atoms with Crippen molar-refractivity contribution in [2.75, 3.05) is 6.61 Å². The van der Waals surface area contributed by atoms with Gasteiger partial charge in [0.2, 0.25) is 0 Å². The predicted molar refractivity (Wildman–Crippen MR) is 39.3 cm³/mol. The maximum atomic E-state index is 5.80. The Bertz CT molecular complexity index is 205. The van der Waals surface area contributed by atoms with Crippen LogP contribution in [0.15, 0.2) is 23.5 Å². The average molecular weight is 137 g/mol. The molecule has 1 atom stereocenters. The van der Waals surface area contributed by atoms with Gasteiger partial charge in [0.25, 0.3) is 0 Å². The van der Waals surface area contributed by atoms with Crippen LogP contribution in [-0.4, -0.2) is 12.6 Å². The van der Waals surface area contributed by atoms with Gasteiger partial charge in [0.15, 0.2) is 0 Å². The van der Waals surface area contributed by atoms with Gasteiger partial charge < -0.3 is 10.5 Å². The highest BCUT2D eigenvalue weighted by Crippen LogP contribution is 2.28. The van der Waals surface area contributed by atoms with Crippen LogP contribution in [0.5, 0.6) is 0 Å². The van der Waals surface area contributed by atoms with Crippen molar-refractivity contribution in [3.05, 3.63) is 23.5 Å². The van der Waals surface area contributed by atoms with Crippen molar-refractivity contribution >= 4 is 0 Å². The van der Waals surface area contributed by atoms with Gasteiger partial charge in [-0.05, 0) is 12.5 Å². The quantitative estimate of drug-likeness (QED) is 0.539. The molecular formula is C8H11NO. The van der Waals surface area contributed by atoms with E-state index in [1.165, 1.54) is 5.57 Å². The maximum absolute atomic E-state index is 5.80. The first-order valence-electron chi connectivity index (χ1n) is 3.66. The normalized spacial score (nSPS) is 30.3. The van der Waals surface area contributed by atoms with Crippen LogP contribution < -0.4 is 5.73 Å². The van der Waals surface area contributed by atoms with Gasteiger partial charge in [-0.2, -0.15) is 0 Å². The van der Waals surface area contributed by atoms with E-state index in [-0.39, 0.29) is 6.04 Å². The second-order valence-electron chi connectivity index (χ2n) is 2.74. The summed E-state index contributed by atoms with van der Waals surface area (Å²) in [4.78, 5) is 0. The first-order valence-corrected chi connectivity index (χ1v) is 3.66. The van der Waals surface area contributed by atoms with E-state index in [1.54, 1.807) is 0 Å². The molecule has 1 heterocycles. The number of rotatable bonds is 0. The number of hydrogen-bond acceptors (Lipinski definition) is 2. The van der Waals surface area contributed by atoms with Crippen LogP contribution in [-0.2, 0) is 4.74 Å². The maximum Gasteiger partial charge on any atom is 0.106 e. The minimum atomic E-state index is 0.228. The molecular weight excluding hydrogens is 126 g/mol. The summed E-state index contributed by atoms with van der Waals surface area (Å²) in [7, 11) is 0. The van der Waals surface area contributed by atoms with Crippen molar-refractivity contribution in [2.24, 2.45) is 5.73 Å². The van der Waals surface area contributed by atoms with Crippen LogP contribution in [0.4, 0.5) is 0 Å². The number of ether oxygens (including phenoxy) is 1. The van der Waals surface area contributed by atoms with Gasteiger partial charge in [-0.25, -0.2) is 0 Å². The largest absolute Gasteiger partial charge is 0.494 e. The molecule has 0 bridgehead atoms. The van der Waals surface area contributed by atoms with Crippen LogP contribution in [0.1, 0.15) is 12.8 Å². The summed E-state index contributed by atoms with van der Waals surface area (Å²) in [6.07, 6.45) is 6.19. The van der Waals surface area contributed by atoms with Crippen molar-refractivity contribution in [3.8, 4) is 0 Å². The first kappa shape index (κ1) is 5.98. The van der Waals surface area contributed by atoms with Crippen molar-refractivity contribution in [2.45, 2.75) is 18.9 Å². The zero-order chi connectivity index (χ0) is 6.97. The summed E-state index contributed by atoms with van der Waals surface area (Å²) in [6.45, 7) is 0.728. The predicted octanol–water partition coefficient (Wildman–Crippen LogP) is 0.948. The van der Waals surface area contributed by atoms with Crippen molar-refractivity contribution in [3.63, 3.8) is 0 Å². The molecule has 0 unspecified atom stereocenters. The minimum absolute atomic E-state index is 0.228. The molecule has 0 aromatic carbocycles. The molecule has 0 saturated carbocycles. The van der Waals surface area contributed by atoms with Gasteiger partial charge >= 0.3 is 0 Å². The van der Waals surface area contributed by atoms with E-state index >= 15 is 0 Å². The van der Waals surface area contributed by atoms with Crippen molar-refractivity contribution in [1.82, 2.24) is 0 Å². The molecule has 54 valence electrons. The molecule has 2 rings (SSSR count). The second-order valence-corrected chi connectivity index (χ2v) is 2.74. The molecule has 0 fully saturated rings. The standard InChI is InChI=1S/C8H11NO/c9-7-3-4-8-6(7)2-1-5-10-8/h1-2,7H,3-5,9H2/t7-/m1/s1. The Kier molecular flexibility index (Phi) is 1.27. The van der Waals surface area contributed by atoms with Gasteiger partial charge in [-0.15, -0.1) is 0 Å². The fourth-order valence-corrected chi connectivity index (χ4v) is 1.49. The highest BCUT2D eigenvalue weighted by Gasteiger charge is 2.22. The third kappa shape index (κ3) is 0.762. The van der Waals surface area contributed by atoms with Crippen molar-refractivity contribution in [1.29, 1.82) is 0 Å². The number of nitrogens with two attached hydrogens (primary N) is 1. The van der Waals surface area contributed by atoms with Crippen LogP contribution >= 0.6 is 0 Å². The Balaban J connectivity index is 2.30.